The molecule has 0 heterocycles. The molecule has 0 aliphatic rings. The highest BCUT2D eigenvalue weighted by molar-refractivity contribution is 7.80. The second-order valence-electron chi connectivity index (χ2n) is 8.08. The second-order valence-corrected chi connectivity index (χ2v) is 8.49. The van der Waals surface area contributed by atoms with Crippen LogP contribution in [0.3, 0.4) is 0 Å². The van der Waals surface area contributed by atoms with E-state index in [0.717, 1.165) is 24.1 Å². The Morgan fingerprint density at radius 1 is 0.879 bits per heavy atom. The molecule has 0 radical (unpaired) electrons. The molecule has 2 N–H and O–H groups in total. The van der Waals surface area contributed by atoms with Gasteiger partial charge in [0.25, 0.3) is 0 Å². The lowest BCUT2D eigenvalue weighted by molar-refractivity contribution is 0.149. The van der Waals surface area contributed by atoms with Crippen LogP contribution in [-0.4, -0.2) is 24.0 Å². The number of thiocarbonyl (C=S) groups is 1. The number of nitrogens with zero attached hydrogens (tertiary/aromatic N) is 1. The van der Waals surface area contributed by atoms with Crippen LogP contribution in [-0.2, 0) is 4.74 Å². The summed E-state index contributed by atoms with van der Waals surface area (Å²) in [6, 6.07) is 17.4. The first-order valence-corrected chi connectivity index (χ1v) is 12.5. The maximum Gasteiger partial charge on any atom is 0.413 e. The van der Waals surface area contributed by atoms with E-state index in [1.807, 2.05) is 54.6 Å². The summed E-state index contributed by atoms with van der Waals surface area (Å²) in [7, 11) is 0. The summed E-state index contributed by atoms with van der Waals surface area (Å²) in [4.78, 5) is 16.5. The van der Waals surface area contributed by atoms with Gasteiger partial charge in [-0.3, -0.25) is 10.3 Å². The van der Waals surface area contributed by atoms with Gasteiger partial charge in [0.2, 0.25) is 0 Å². The number of hydrogen-bond acceptors (Lipinski definition) is 4. The molecule has 0 atom stereocenters. The van der Waals surface area contributed by atoms with Crippen LogP contribution in [0.15, 0.2) is 59.6 Å². The topological polar surface area (TPSA) is 62.7 Å². The molecule has 0 unspecified atom stereocenters. The largest absolute Gasteiger partial charge is 0.449 e. The Hall–Kier alpha value is -2.73. The van der Waals surface area contributed by atoms with Crippen molar-refractivity contribution in [1.29, 1.82) is 0 Å². The SMILES string of the molecule is CCCCCCCCCCCCOC(=O)NC(=S)Nc1ccccc1/N=C/c1ccccc1. The molecule has 0 aliphatic heterocycles. The predicted molar refractivity (Wildman–Crippen MR) is 143 cm³/mol. The summed E-state index contributed by atoms with van der Waals surface area (Å²) in [5.74, 6) is 0. The minimum absolute atomic E-state index is 0.186. The number of ether oxygens (including phenoxy) is 1. The van der Waals surface area contributed by atoms with Gasteiger partial charge in [0.05, 0.1) is 18.0 Å². The molecule has 0 aromatic heterocycles. The van der Waals surface area contributed by atoms with Gasteiger partial charge in [-0.15, -0.1) is 0 Å². The number of anilines is 1. The minimum atomic E-state index is -0.534. The average Bonchev–Trinajstić information content (AvgIpc) is 2.82. The lowest BCUT2D eigenvalue weighted by Gasteiger charge is -2.11. The Morgan fingerprint density at radius 3 is 2.18 bits per heavy atom. The van der Waals surface area contributed by atoms with E-state index in [2.05, 4.69) is 22.5 Å². The average molecular weight is 468 g/mol. The van der Waals surface area contributed by atoms with Crippen LogP contribution in [0.25, 0.3) is 0 Å². The number of nitrogens with one attached hydrogen (secondary N) is 2. The van der Waals surface area contributed by atoms with Gasteiger partial charge in [-0.1, -0.05) is 107 Å². The third kappa shape index (κ3) is 12.2. The summed E-state index contributed by atoms with van der Waals surface area (Å²) in [5, 5.41) is 5.78. The number of unbranched alkanes of at least 4 members (excludes halogenated alkanes) is 9. The van der Waals surface area contributed by atoms with E-state index in [0.29, 0.717) is 12.3 Å². The first kappa shape index (κ1) is 26.5. The van der Waals surface area contributed by atoms with Crippen molar-refractivity contribution in [3.63, 3.8) is 0 Å². The Bertz CT molecular complexity index is 855. The normalized spacial score (nSPS) is 10.8. The second kappa shape index (κ2) is 16.8. The summed E-state index contributed by atoms with van der Waals surface area (Å²) >= 11 is 5.26. The molecule has 0 fully saturated rings. The lowest BCUT2D eigenvalue weighted by atomic mass is 10.1. The molecule has 2 aromatic rings. The molecular weight excluding hydrogens is 430 g/mol. The van der Waals surface area contributed by atoms with E-state index in [9.17, 15) is 4.79 Å². The van der Waals surface area contributed by atoms with E-state index in [-0.39, 0.29) is 5.11 Å². The molecular formula is C27H37N3O2S. The zero-order chi connectivity index (χ0) is 23.6. The van der Waals surface area contributed by atoms with E-state index in [1.165, 1.54) is 51.4 Å². The highest BCUT2D eigenvalue weighted by Crippen LogP contribution is 2.24. The van der Waals surface area contributed by atoms with Gasteiger partial charge < -0.3 is 10.1 Å². The van der Waals surface area contributed by atoms with Crippen molar-refractivity contribution in [2.24, 2.45) is 4.99 Å². The number of amides is 1. The van der Waals surface area contributed by atoms with Gasteiger partial charge in [0.1, 0.15) is 0 Å². The Balaban J connectivity index is 1.62. The van der Waals surface area contributed by atoms with Crippen LogP contribution in [0, 0.1) is 0 Å². The fourth-order valence-corrected chi connectivity index (χ4v) is 3.61. The first-order valence-electron chi connectivity index (χ1n) is 12.1. The molecule has 0 saturated carbocycles. The first-order chi connectivity index (χ1) is 16.2. The Morgan fingerprint density at radius 2 is 1.48 bits per heavy atom. The van der Waals surface area contributed by atoms with E-state index < -0.39 is 6.09 Å². The number of para-hydroxylation sites is 2. The smallest absolute Gasteiger partial charge is 0.413 e. The number of carbonyl (C=O) groups excluding carboxylic acids is 1. The number of benzene rings is 2. The summed E-state index contributed by atoms with van der Waals surface area (Å²) < 4.78 is 5.25. The molecule has 1 amide bonds. The highest BCUT2D eigenvalue weighted by atomic mass is 32.1. The third-order valence-corrected chi connectivity index (χ3v) is 5.46. The van der Waals surface area contributed by atoms with Gasteiger partial charge >= 0.3 is 6.09 Å². The maximum absolute atomic E-state index is 12.0. The van der Waals surface area contributed by atoms with Crippen molar-refractivity contribution in [3.05, 3.63) is 60.2 Å². The quantitative estimate of drug-likeness (QED) is 0.169. The highest BCUT2D eigenvalue weighted by Gasteiger charge is 2.08. The van der Waals surface area contributed by atoms with Crippen molar-refractivity contribution in [2.75, 3.05) is 11.9 Å². The molecule has 0 saturated heterocycles. The molecule has 178 valence electrons. The Labute approximate surface area is 204 Å². The van der Waals surface area contributed by atoms with E-state index in [1.54, 1.807) is 6.21 Å². The van der Waals surface area contributed by atoms with Crippen molar-refractivity contribution in [3.8, 4) is 0 Å². The van der Waals surface area contributed by atoms with Crippen LogP contribution >= 0.6 is 12.2 Å². The van der Waals surface area contributed by atoms with Crippen molar-refractivity contribution in [2.45, 2.75) is 71.1 Å². The fourth-order valence-electron chi connectivity index (χ4n) is 3.41. The van der Waals surface area contributed by atoms with Gasteiger partial charge in [0.15, 0.2) is 5.11 Å². The zero-order valence-electron chi connectivity index (χ0n) is 19.7. The number of alkyl carbamates (subject to hydrolysis) is 1. The molecule has 0 aliphatic carbocycles. The van der Waals surface area contributed by atoms with Gasteiger partial charge in [-0.05, 0) is 36.3 Å². The predicted octanol–water partition coefficient (Wildman–Crippen LogP) is 7.78. The zero-order valence-corrected chi connectivity index (χ0v) is 20.5. The third-order valence-electron chi connectivity index (χ3n) is 5.25. The van der Waals surface area contributed by atoms with E-state index >= 15 is 0 Å². The number of aliphatic imine (C=N–C) groups is 1. The van der Waals surface area contributed by atoms with Crippen LogP contribution < -0.4 is 10.6 Å². The van der Waals surface area contributed by atoms with Gasteiger partial charge in [0, 0.05) is 6.21 Å². The van der Waals surface area contributed by atoms with Crippen molar-refractivity contribution >= 4 is 41.0 Å². The molecule has 33 heavy (non-hydrogen) atoms. The van der Waals surface area contributed by atoms with E-state index in [4.69, 9.17) is 17.0 Å². The lowest BCUT2D eigenvalue weighted by Crippen LogP contribution is -2.34. The van der Waals surface area contributed by atoms with Crippen molar-refractivity contribution < 1.29 is 9.53 Å². The number of rotatable bonds is 14. The molecule has 2 aromatic carbocycles. The molecule has 0 bridgehead atoms. The summed E-state index contributed by atoms with van der Waals surface area (Å²) in [6.45, 7) is 2.65. The molecule has 2 rings (SSSR count). The monoisotopic (exact) mass is 467 g/mol. The maximum atomic E-state index is 12.0. The van der Waals surface area contributed by atoms with Crippen molar-refractivity contribution in [1.82, 2.24) is 5.32 Å². The van der Waals surface area contributed by atoms with Crippen LogP contribution in [0.5, 0.6) is 0 Å². The summed E-state index contributed by atoms with van der Waals surface area (Å²) in [6.07, 6.45) is 13.7. The fraction of sp³-hybridized carbons (Fsp3) is 0.444. The minimum Gasteiger partial charge on any atom is -0.449 e. The van der Waals surface area contributed by atoms with Crippen LogP contribution in [0.1, 0.15) is 76.7 Å². The van der Waals surface area contributed by atoms with Crippen LogP contribution in [0.2, 0.25) is 0 Å². The van der Waals surface area contributed by atoms with Gasteiger partial charge in [-0.25, -0.2) is 4.79 Å². The molecule has 5 nitrogen and oxygen atoms in total. The molecule has 6 heteroatoms. The van der Waals surface area contributed by atoms with Gasteiger partial charge in [-0.2, -0.15) is 0 Å². The number of hydrogen-bond donors (Lipinski definition) is 2. The molecule has 0 spiro atoms. The Kier molecular flexibility index (Phi) is 13.5. The van der Waals surface area contributed by atoms with Crippen LogP contribution in [0.4, 0.5) is 16.2 Å². The standard InChI is InChI=1S/C27H37N3O2S/c1-2-3-4-5-6-7-8-9-10-16-21-32-27(31)30-26(33)29-25-20-15-14-19-24(25)28-22-23-17-12-11-13-18-23/h11-15,17-20,22H,2-10,16,21H2,1H3,(H2,29,30,31,33)/b28-22+. The number of carbonyl (C=O) groups is 1. The summed E-state index contributed by atoms with van der Waals surface area (Å²) in [5.41, 5.74) is 2.44.